The van der Waals surface area contributed by atoms with E-state index in [0.717, 1.165) is 0 Å². The summed E-state index contributed by atoms with van der Waals surface area (Å²) >= 11 is 0. The minimum Gasteiger partial charge on any atom is -0.394 e. The summed E-state index contributed by atoms with van der Waals surface area (Å²) in [6, 6.07) is 0. The van der Waals surface area contributed by atoms with Gasteiger partial charge in [-0.2, -0.15) is 0 Å². The summed E-state index contributed by atoms with van der Waals surface area (Å²) < 4.78 is 20.2. The molecule has 0 saturated heterocycles. The lowest BCUT2D eigenvalue weighted by Crippen LogP contribution is -2.29. The molecule has 0 amide bonds. The molecule has 79 valence electrons. The Morgan fingerprint density at radius 1 is 1.31 bits per heavy atom. The summed E-state index contributed by atoms with van der Waals surface area (Å²) in [5.74, 6) is 0. The Labute approximate surface area is 80.5 Å². The molecule has 0 bridgehead atoms. The van der Waals surface area contributed by atoms with E-state index in [1.54, 1.807) is 0 Å². The molecule has 0 rings (SSSR count). The van der Waals surface area contributed by atoms with Gasteiger partial charge in [0.05, 0.1) is 25.9 Å². The lowest BCUT2D eigenvalue weighted by atomic mass is 10.4. The van der Waals surface area contributed by atoms with Crippen molar-refractivity contribution in [3.63, 3.8) is 0 Å². The zero-order valence-electron chi connectivity index (χ0n) is 8.28. The Morgan fingerprint density at radius 3 is 2.38 bits per heavy atom. The second kappa shape index (κ2) is 8.61. The van der Waals surface area contributed by atoms with E-state index in [2.05, 4.69) is 0 Å². The van der Waals surface area contributed by atoms with Gasteiger partial charge < -0.3 is 23.1 Å². The molecule has 1 unspecified atom stereocenters. The molecule has 5 nitrogen and oxygen atoms in total. The smallest absolute Gasteiger partial charge is 0.394 e. The Balaban J connectivity index is 3.38. The van der Waals surface area contributed by atoms with Crippen LogP contribution >= 0.6 is 0 Å². The van der Waals surface area contributed by atoms with Crippen LogP contribution in [0, 0.1) is 0 Å². The molecule has 0 aromatic heterocycles. The summed E-state index contributed by atoms with van der Waals surface area (Å²) in [6.45, 7) is 2.62. The predicted octanol–water partition coefficient (Wildman–Crippen LogP) is -0.322. The van der Waals surface area contributed by atoms with Gasteiger partial charge in [0.25, 0.3) is 0 Å². The molecule has 1 N–H and O–H groups in total. The zero-order chi connectivity index (χ0) is 10.1. The van der Waals surface area contributed by atoms with Gasteiger partial charge in [-0.25, -0.2) is 0 Å². The second-order valence-electron chi connectivity index (χ2n) is 2.37. The Kier molecular flexibility index (Phi) is 8.62. The maximum absolute atomic E-state index is 8.48. The van der Waals surface area contributed by atoms with Crippen molar-refractivity contribution in [2.75, 3.05) is 34.0 Å². The average molecular weight is 209 g/mol. The summed E-state index contributed by atoms with van der Waals surface area (Å²) in [5, 5.41) is 8.48. The Hall–Kier alpha value is 0.0169. The lowest BCUT2D eigenvalue weighted by Gasteiger charge is -2.14. The van der Waals surface area contributed by atoms with Crippen LogP contribution in [-0.4, -0.2) is 54.8 Å². The fourth-order valence-corrected chi connectivity index (χ4v) is 1.46. The first-order valence-corrected chi connectivity index (χ1v) is 5.27. The van der Waals surface area contributed by atoms with E-state index in [9.17, 15) is 0 Å². The topological polar surface area (TPSA) is 57.2 Å². The zero-order valence-corrected chi connectivity index (χ0v) is 9.28. The SMILES string of the molecule is CO[Si](OC)OCC(C)OCCO. The van der Waals surface area contributed by atoms with E-state index in [-0.39, 0.29) is 12.7 Å². The summed E-state index contributed by atoms with van der Waals surface area (Å²) in [4.78, 5) is 0. The molecular formula is C7H17O5Si. The van der Waals surface area contributed by atoms with Crippen molar-refractivity contribution in [3.05, 3.63) is 0 Å². The predicted molar refractivity (Wildman–Crippen MR) is 48.2 cm³/mol. The number of aliphatic hydroxyl groups is 1. The van der Waals surface area contributed by atoms with E-state index in [1.165, 1.54) is 14.2 Å². The molecule has 13 heavy (non-hydrogen) atoms. The third kappa shape index (κ3) is 7.12. The first kappa shape index (κ1) is 13.0. The third-order valence-electron chi connectivity index (χ3n) is 1.26. The molecule has 1 atom stereocenters. The van der Waals surface area contributed by atoms with Crippen LogP contribution in [0.3, 0.4) is 0 Å². The van der Waals surface area contributed by atoms with Crippen molar-refractivity contribution in [1.82, 2.24) is 0 Å². The Morgan fingerprint density at radius 2 is 1.92 bits per heavy atom. The van der Waals surface area contributed by atoms with Gasteiger partial charge in [-0.05, 0) is 6.92 Å². The highest BCUT2D eigenvalue weighted by Gasteiger charge is 2.16. The molecule has 0 fully saturated rings. The minimum absolute atomic E-state index is 0.0245. The largest absolute Gasteiger partial charge is 0.577 e. The van der Waals surface area contributed by atoms with Gasteiger partial charge in [0, 0.05) is 14.2 Å². The summed E-state index contributed by atoms with van der Waals surface area (Å²) in [6.07, 6.45) is -0.0579. The first-order valence-electron chi connectivity index (χ1n) is 4.04. The van der Waals surface area contributed by atoms with Crippen molar-refractivity contribution in [3.8, 4) is 0 Å². The van der Waals surface area contributed by atoms with Gasteiger partial charge in [-0.1, -0.05) is 0 Å². The van der Waals surface area contributed by atoms with Crippen LogP contribution in [0.1, 0.15) is 6.92 Å². The van der Waals surface area contributed by atoms with Gasteiger partial charge in [0.15, 0.2) is 0 Å². The highest BCUT2D eigenvalue weighted by molar-refractivity contribution is 6.36. The van der Waals surface area contributed by atoms with Gasteiger partial charge >= 0.3 is 9.53 Å². The molecule has 0 aliphatic heterocycles. The van der Waals surface area contributed by atoms with Gasteiger partial charge in [-0.3, -0.25) is 0 Å². The van der Waals surface area contributed by atoms with Crippen LogP contribution in [0.15, 0.2) is 0 Å². The number of rotatable bonds is 8. The van der Waals surface area contributed by atoms with Crippen LogP contribution < -0.4 is 0 Å². The average Bonchev–Trinajstić information content (AvgIpc) is 2.16. The summed E-state index contributed by atoms with van der Waals surface area (Å²) in [5.41, 5.74) is 0. The summed E-state index contributed by atoms with van der Waals surface area (Å²) in [7, 11) is 1.49. The maximum Gasteiger partial charge on any atom is 0.577 e. The Bertz CT molecular complexity index is 109. The quantitative estimate of drug-likeness (QED) is 0.555. The first-order chi connectivity index (χ1) is 6.24. The number of aliphatic hydroxyl groups excluding tert-OH is 1. The van der Waals surface area contributed by atoms with E-state index < -0.39 is 9.53 Å². The van der Waals surface area contributed by atoms with Crippen LogP contribution in [-0.2, 0) is 18.0 Å². The normalized spacial score (nSPS) is 13.6. The monoisotopic (exact) mass is 209 g/mol. The van der Waals surface area contributed by atoms with Gasteiger partial charge in [0.1, 0.15) is 0 Å². The van der Waals surface area contributed by atoms with Crippen LogP contribution in [0.5, 0.6) is 0 Å². The second-order valence-corrected chi connectivity index (χ2v) is 3.98. The molecule has 1 radical (unpaired) electrons. The van der Waals surface area contributed by atoms with E-state index in [4.69, 9.17) is 23.1 Å². The molecular weight excluding hydrogens is 192 g/mol. The number of ether oxygens (including phenoxy) is 1. The van der Waals surface area contributed by atoms with Crippen molar-refractivity contribution < 1.29 is 23.1 Å². The van der Waals surface area contributed by atoms with E-state index >= 15 is 0 Å². The van der Waals surface area contributed by atoms with Crippen molar-refractivity contribution in [1.29, 1.82) is 0 Å². The molecule has 0 spiro atoms. The highest BCUT2D eigenvalue weighted by Crippen LogP contribution is 1.95. The van der Waals surface area contributed by atoms with Gasteiger partial charge in [0.2, 0.25) is 0 Å². The van der Waals surface area contributed by atoms with Crippen LogP contribution in [0.2, 0.25) is 0 Å². The number of hydrogen-bond donors (Lipinski definition) is 1. The van der Waals surface area contributed by atoms with Gasteiger partial charge in [-0.15, -0.1) is 0 Å². The fourth-order valence-electron chi connectivity index (χ4n) is 0.689. The van der Waals surface area contributed by atoms with Crippen LogP contribution in [0.25, 0.3) is 0 Å². The minimum atomic E-state index is -1.59. The lowest BCUT2D eigenvalue weighted by molar-refractivity contribution is -0.00120. The highest BCUT2D eigenvalue weighted by atomic mass is 28.3. The third-order valence-corrected chi connectivity index (χ3v) is 2.33. The molecule has 0 aliphatic rings. The fraction of sp³-hybridized carbons (Fsp3) is 1.00. The van der Waals surface area contributed by atoms with Crippen LogP contribution in [0.4, 0.5) is 0 Å². The molecule has 0 aliphatic carbocycles. The van der Waals surface area contributed by atoms with Crippen molar-refractivity contribution in [2.24, 2.45) is 0 Å². The molecule has 0 heterocycles. The van der Waals surface area contributed by atoms with E-state index in [1.807, 2.05) is 6.92 Å². The van der Waals surface area contributed by atoms with Crippen molar-refractivity contribution in [2.45, 2.75) is 13.0 Å². The molecule has 6 heteroatoms. The van der Waals surface area contributed by atoms with Crippen molar-refractivity contribution >= 4 is 9.53 Å². The standard InChI is InChI=1S/C7H17O5Si/c1-7(11-5-4-8)6-12-13(9-2)10-3/h7-8H,4-6H2,1-3H3. The molecule has 0 saturated carbocycles. The number of hydrogen-bond acceptors (Lipinski definition) is 5. The molecule has 0 aromatic rings. The molecule has 0 aromatic carbocycles. The van der Waals surface area contributed by atoms with E-state index in [0.29, 0.717) is 13.2 Å². The maximum atomic E-state index is 8.48.